The molecular formula is C41H46Cl2N4O6S2. The smallest absolute Gasteiger partial charge is 0.268 e. The van der Waals surface area contributed by atoms with Gasteiger partial charge in [-0.05, 0) is 114 Å². The van der Waals surface area contributed by atoms with E-state index >= 15 is 0 Å². The Morgan fingerprint density at radius 2 is 1.11 bits per heavy atom. The standard InChI is InChI=1S/C41H46Cl2N4O6S2/c1-27(2)30-14-18-34(19-15-30)55(50,51)47-29(4)40(36-25-32(43)17-21-38(36)47)53-26-41(44(5)6,45(7)8)22-23-52-39-28(3)46(37-20-16-31(42)24-35(37)39)54(48,49)33-12-10-9-11-13-33/h9-21,24-25,27H,22-23,26H2,1-8H3. The van der Waals surface area contributed by atoms with Crippen molar-refractivity contribution in [3.05, 3.63) is 118 Å². The van der Waals surface area contributed by atoms with Gasteiger partial charge in [0.05, 0.1) is 38.8 Å². The highest BCUT2D eigenvalue weighted by atomic mass is 35.5. The van der Waals surface area contributed by atoms with Crippen molar-refractivity contribution >= 4 is 65.1 Å². The lowest BCUT2D eigenvalue weighted by atomic mass is 10.0. The molecule has 0 amide bonds. The van der Waals surface area contributed by atoms with Gasteiger partial charge >= 0.3 is 0 Å². The third kappa shape index (κ3) is 7.36. The molecule has 0 aliphatic heterocycles. The average Bonchev–Trinajstić information content (AvgIpc) is 3.58. The zero-order chi connectivity index (χ0) is 40.0. The van der Waals surface area contributed by atoms with Crippen LogP contribution in [-0.2, 0) is 20.0 Å². The Bertz CT molecular complexity index is 2570. The van der Waals surface area contributed by atoms with E-state index < -0.39 is 25.7 Å². The van der Waals surface area contributed by atoms with Gasteiger partial charge in [-0.25, -0.2) is 24.8 Å². The molecule has 6 rings (SSSR count). The first kappa shape index (κ1) is 40.6. The van der Waals surface area contributed by atoms with E-state index in [-0.39, 0.29) is 28.9 Å². The Hall–Kier alpha value is -4.04. The van der Waals surface area contributed by atoms with Gasteiger partial charge in [0.25, 0.3) is 20.0 Å². The molecule has 6 aromatic rings. The topological polar surface area (TPSA) is 103 Å². The van der Waals surface area contributed by atoms with E-state index in [0.717, 1.165) is 5.56 Å². The predicted molar refractivity (Wildman–Crippen MR) is 221 cm³/mol. The van der Waals surface area contributed by atoms with E-state index in [4.69, 9.17) is 32.7 Å². The Kier molecular flexibility index (Phi) is 11.4. The van der Waals surface area contributed by atoms with Crippen LogP contribution < -0.4 is 9.47 Å². The molecule has 0 saturated carbocycles. The molecule has 2 aromatic heterocycles. The maximum atomic E-state index is 14.2. The van der Waals surface area contributed by atoms with Gasteiger partial charge in [-0.3, -0.25) is 9.80 Å². The van der Waals surface area contributed by atoms with Crippen LogP contribution in [0.25, 0.3) is 21.8 Å². The average molecular weight is 826 g/mol. The summed E-state index contributed by atoms with van der Waals surface area (Å²) in [7, 11) is -0.235. The molecule has 292 valence electrons. The molecule has 0 N–H and O–H groups in total. The van der Waals surface area contributed by atoms with Gasteiger partial charge in [0.15, 0.2) is 0 Å². The summed E-state index contributed by atoms with van der Waals surface area (Å²) in [4.78, 5) is 4.37. The summed E-state index contributed by atoms with van der Waals surface area (Å²) in [5.41, 5.74) is 1.99. The molecule has 0 saturated heterocycles. The molecule has 0 atom stereocenters. The predicted octanol–water partition coefficient (Wildman–Crippen LogP) is 8.78. The van der Waals surface area contributed by atoms with E-state index in [0.29, 0.717) is 61.2 Å². The van der Waals surface area contributed by atoms with Gasteiger partial charge < -0.3 is 9.47 Å². The summed E-state index contributed by atoms with van der Waals surface area (Å²) in [5.74, 6) is 1.06. The fraction of sp³-hybridized carbons (Fsp3) is 0.317. The van der Waals surface area contributed by atoms with Crippen LogP contribution in [0.5, 0.6) is 11.5 Å². The van der Waals surface area contributed by atoms with E-state index in [9.17, 15) is 16.8 Å². The Balaban J connectivity index is 1.34. The van der Waals surface area contributed by atoms with Gasteiger partial charge in [-0.1, -0.05) is 67.4 Å². The molecule has 4 aromatic carbocycles. The molecule has 14 heteroatoms. The van der Waals surface area contributed by atoms with Crippen molar-refractivity contribution in [3.8, 4) is 11.5 Å². The number of ether oxygens (including phenoxy) is 2. The molecule has 10 nitrogen and oxygen atoms in total. The van der Waals surface area contributed by atoms with E-state index in [1.54, 1.807) is 92.7 Å². The number of benzene rings is 4. The zero-order valence-corrected chi connectivity index (χ0v) is 35.3. The van der Waals surface area contributed by atoms with Crippen molar-refractivity contribution in [2.24, 2.45) is 0 Å². The van der Waals surface area contributed by atoms with Crippen LogP contribution in [0.3, 0.4) is 0 Å². The summed E-state index contributed by atoms with van der Waals surface area (Å²) in [5, 5.41) is 2.02. The minimum atomic E-state index is -4.02. The van der Waals surface area contributed by atoms with Crippen molar-refractivity contribution < 1.29 is 26.3 Å². The van der Waals surface area contributed by atoms with Crippen LogP contribution in [0, 0.1) is 13.8 Å². The normalized spacial score (nSPS) is 12.8. The minimum Gasteiger partial charge on any atom is -0.491 e. The fourth-order valence-electron chi connectivity index (χ4n) is 7.16. The molecule has 2 heterocycles. The lowest BCUT2D eigenvalue weighted by Crippen LogP contribution is -2.59. The number of hydrogen-bond acceptors (Lipinski definition) is 8. The molecule has 0 bridgehead atoms. The maximum Gasteiger partial charge on any atom is 0.268 e. The molecule has 55 heavy (non-hydrogen) atoms. The molecular weight excluding hydrogens is 780 g/mol. The first-order chi connectivity index (χ1) is 25.9. The summed E-state index contributed by atoms with van der Waals surface area (Å²) >= 11 is 12.9. The second kappa shape index (κ2) is 15.5. The van der Waals surface area contributed by atoms with Crippen LogP contribution in [0.4, 0.5) is 0 Å². The monoisotopic (exact) mass is 824 g/mol. The first-order valence-corrected chi connectivity index (χ1v) is 21.4. The maximum absolute atomic E-state index is 14.2. The Morgan fingerprint density at radius 3 is 1.56 bits per heavy atom. The van der Waals surface area contributed by atoms with Gasteiger partial charge in [-0.2, -0.15) is 0 Å². The van der Waals surface area contributed by atoms with Crippen LogP contribution in [0.15, 0.2) is 101 Å². The van der Waals surface area contributed by atoms with Gasteiger partial charge in [0, 0.05) is 27.2 Å². The van der Waals surface area contributed by atoms with Gasteiger partial charge in [0.2, 0.25) is 0 Å². The number of nitrogens with zero attached hydrogens (tertiary/aromatic N) is 4. The van der Waals surface area contributed by atoms with Crippen LogP contribution >= 0.6 is 23.2 Å². The minimum absolute atomic E-state index is 0.112. The molecule has 0 aliphatic carbocycles. The van der Waals surface area contributed by atoms with Crippen LogP contribution in [-0.4, -0.2) is 81.6 Å². The Morgan fingerprint density at radius 1 is 0.655 bits per heavy atom. The van der Waals surface area contributed by atoms with Crippen molar-refractivity contribution in [3.63, 3.8) is 0 Å². The summed E-state index contributed by atoms with van der Waals surface area (Å²) in [6.45, 7) is 7.85. The largest absolute Gasteiger partial charge is 0.491 e. The van der Waals surface area contributed by atoms with Gasteiger partial charge in [-0.15, -0.1) is 0 Å². The first-order valence-electron chi connectivity index (χ1n) is 17.8. The number of likely N-dealkylation sites (N-methyl/N-ethyl adjacent to an activating group) is 2. The number of aromatic nitrogens is 2. The van der Waals surface area contributed by atoms with Crippen molar-refractivity contribution in [1.29, 1.82) is 0 Å². The second-order valence-electron chi connectivity index (χ2n) is 14.4. The Labute approximate surface area is 333 Å². The van der Waals surface area contributed by atoms with Crippen LogP contribution in [0.1, 0.15) is 43.1 Å². The van der Waals surface area contributed by atoms with E-state index in [2.05, 4.69) is 13.8 Å². The number of rotatable bonds is 14. The zero-order valence-electron chi connectivity index (χ0n) is 32.2. The third-order valence-electron chi connectivity index (χ3n) is 10.3. The number of hydrogen-bond donors (Lipinski definition) is 0. The SMILES string of the molecule is Cc1c(OCCC(COc2c(C)n(S(=O)(=O)c3ccc(C(C)C)cc3)c3ccc(Cl)cc23)(N(C)C)N(C)C)c2cc(Cl)ccc2n1S(=O)(=O)c1ccccc1. The third-order valence-corrected chi connectivity index (χ3v) is 14.4. The highest BCUT2D eigenvalue weighted by Crippen LogP contribution is 2.40. The van der Waals surface area contributed by atoms with Crippen molar-refractivity contribution in [2.75, 3.05) is 41.4 Å². The quantitative estimate of drug-likeness (QED) is 0.101. The summed E-state index contributed by atoms with van der Waals surface area (Å²) in [6.07, 6.45) is 0.407. The molecule has 0 radical (unpaired) electrons. The van der Waals surface area contributed by atoms with Crippen molar-refractivity contribution in [2.45, 2.75) is 55.5 Å². The van der Waals surface area contributed by atoms with E-state index in [1.165, 1.54) is 7.94 Å². The lowest BCUT2D eigenvalue weighted by molar-refractivity contribution is -0.0482. The van der Waals surface area contributed by atoms with E-state index in [1.807, 2.05) is 50.1 Å². The highest BCUT2D eigenvalue weighted by Gasteiger charge is 2.38. The summed E-state index contributed by atoms with van der Waals surface area (Å²) < 4.78 is 72.1. The molecule has 0 unspecified atom stereocenters. The van der Waals surface area contributed by atoms with Crippen LogP contribution in [0.2, 0.25) is 10.0 Å². The molecule has 0 spiro atoms. The lowest BCUT2D eigenvalue weighted by Gasteiger charge is -2.44. The number of halogens is 2. The van der Waals surface area contributed by atoms with Crippen molar-refractivity contribution in [1.82, 2.24) is 17.7 Å². The second-order valence-corrected chi connectivity index (χ2v) is 18.8. The number of fused-ring (bicyclic) bond motifs is 2. The molecule has 0 aliphatic rings. The molecule has 0 fully saturated rings. The summed E-state index contributed by atoms with van der Waals surface area (Å²) in [6, 6.07) is 25.3. The van der Waals surface area contributed by atoms with Gasteiger partial charge in [0.1, 0.15) is 23.8 Å². The highest BCUT2D eigenvalue weighted by molar-refractivity contribution is 7.90. The fourth-order valence-corrected chi connectivity index (χ4v) is 10.6.